The van der Waals surface area contributed by atoms with Gasteiger partial charge in [0, 0.05) is 25.1 Å². The van der Waals surface area contributed by atoms with E-state index in [1.165, 1.54) is 0 Å². The fourth-order valence-corrected chi connectivity index (χ4v) is 3.63. The number of thiol groups is 2. The van der Waals surface area contributed by atoms with Gasteiger partial charge in [0.15, 0.2) is 0 Å². The van der Waals surface area contributed by atoms with Crippen LogP contribution in [0.15, 0.2) is 42.5 Å². The van der Waals surface area contributed by atoms with Crippen LogP contribution in [0.25, 0.3) is 0 Å². The molecule has 0 aromatic heterocycles. The minimum atomic E-state index is -0.919. The standard InChI is InChI=1S/C23H31N3O5S2/c27-20-14-17(9-4-5-12-32)31-21(28)10-6-11-24-22(29)19(15-33)26-23(30)18(25-20)13-16-7-2-1-3-8-16/h1-4,7-9,17-19,32-33H,5-6,10-15H2,(H,24,29)(H,25,27)(H,26,30)/b9-4+. The maximum absolute atomic E-state index is 13.0. The Kier molecular flexibility index (Phi) is 11.9. The zero-order valence-electron chi connectivity index (χ0n) is 18.4. The molecule has 0 aliphatic carbocycles. The van der Waals surface area contributed by atoms with Gasteiger partial charge in [0.25, 0.3) is 0 Å². The van der Waals surface area contributed by atoms with E-state index in [0.29, 0.717) is 18.6 Å². The highest BCUT2D eigenvalue weighted by molar-refractivity contribution is 7.80. The van der Waals surface area contributed by atoms with E-state index in [-0.39, 0.29) is 31.6 Å². The summed E-state index contributed by atoms with van der Waals surface area (Å²) in [5.74, 6) is -1.10. The van der Waals surface area contributed by atoms with Crippen molar-refractivity contribution in [3.05, 3.63) is 48.0 Å². The first-order valence-electron chi connectivity index (χ1n) is 10.9. The lowest BCUT2D eigenvalue weighted by Crippen LogP contribution is -2.55. The molecule has 0 bridgehead atoms. The van der Waals surface area contributed by atoms with Crippen LogP contribution in [0.2, 0.25) is 0 Å². The maximum Gasteiger partial charge on any atom is 0.306 e. The summed E-state index contributed by atoms with van der Waals surface area (Å²) in [6, 6.07) is 7.45. The number of nitrogens with one attached hydrogen (secondary N) is 3. The van der Waals surface area contributed by atoms with Crippen molar-refractivity contribution >= 4 is 48.9 Å². The number of esters is 1. The predicted molar refractivity (Wildman–Crippen MR) is 132 cm³/mol. The van der Waals surface area contributed by atoms with E-state index < -0.39 is 41.9 Å². The SMILES string of the molecule is O=C1CC(/C=C/CCS)OC(=O)CCCNC(=O)C(CS)NC(=O)C(Cc2ccccc2)N1. The number of amides is 3. The van der Waals surface area contributed by atoms with Crippen molar-refractivity contribution in [3.8, 4) is 0 Å². The second-order valence-electron chi connectivity index (χ2n) is 7.62. The summed E-state index contributed by atoms with van der Waals surface area (Å²) in [4.78, 5) is 50.5. The number of rotatable bonds is 6. The number of hydrogen-bond acceptors (Lipinski definition) is 7. The highest BCUT2D eigenvalue weighted by Gasteiger charge is 2.27. The van der Waals surface area contributed by atoms with Crippen LogP contribution in [0.1, 0.15) is 31.2 Å². The molecule has 0 spiro atoms. The first-order chi connectivity index (χ1) is 15.9. The van der Waals surface area contributed by atoms with Gasteiger partial charge in [-0.3, -0.25) is 19.2 Å². The van der Waals surface area contributed by atoms with Crippen molar-refractivity contribution in [2.45, 2.75) is 50.3 Å². The van der Waals surface area contributed by atoms with Crippen LogP contribution in [0.4, 0.5) is 0 Å². The van der Waals surface area contributed by atoms with Crippen molar-refractivity contribution in [3.63, 3.8) is 0 Å². The number of cyclic esters (lactones) is 1. The molecular weight excluding hydrogens is 462 g/mol. The summed E-state index contributed by atoms with van der Waals surface area (Å²) in [6.07, 6.45) is 3.94. The Balaban J connectivity index is 2.25. The van der Waals surface area contributed by atoms with E-state index in [4.69, 9.17) is 4.74 Å². The molecule has 3 N–H and O–H groups in total. The molecule has 1 heterocycles. The number of benzene rings is 1. The quantitative estimate of drug-likeness (QED) is 0.232. The smallest absolute Gasteiger partial charge is 0.306 e. The first kappa shape index (κ1) is 26.8. The van der Waals surface area contributed by atoms with Gasteiger partial charge in [-0.25, -0.2) is 0 Å². The molecule has 3 amide bonds. The molecule has 0 saturated carbocycles. The molecule has 3 unspecified atom stereocenters. The average Bonchev–Trinajstić information content (AvgIpc) is 2.80. The Morgan fingerprint density at radius 3 is 2.45 bits per heavy atom. The molecule has 1 aromatic rings. The predicted octanol–water partition coefficient (Wildman–Crippen LogP) is 1.22. The minimum Gasteiger partial charge on any atom is -0.458 e. The Hall–Kier alpha value is -2.46. The topological polar surface area (TPSA) is 114 Å². The van der Waals surface area contributed by atoms with Crippen LogP contribution in [0.3, 0.4) is 0 Å². The summed E-state index contributed by atoms with van der Waals surface area (Å²) in [6.45, 7) is 0.249. The molecule has 1 aromatic carbocycles. The van der Waals surface area contributed by atoms with Crippen LogP contribution in [-0.4, -0.2) is 59.9 Å². The number of carbonyl (C=O) groups is 4. The van der Waals surface area contributed by atoms with E-state index in [1.54, 1.807) is 12.2 Å². The van der Waals surface area contributed by atoms with E-state index in [2.05, 4.69) is 41.2 Å². The van der Waals surface area contributed by atoms with Gasteiger partial charge in [-0.05, 0) is 30.2 Å². The van der Waals surface area contributed by atoms with Gasteiger partial charge in [0.2, 0.25) is 17.7 Å². The van der Waals surface area contributed by atoms with Gasteiger partial charge in [-0.15, -0.1) is 0 Å². The summed E-state index contributed by atoms with van der Waals surface area (Å²) in [5.41, 5.74) is 0.847. The maximum atomic E-state index is 13.0. The van der Waals surface area contributed by atoms with Crippen molar-refractivity contribution in [2.24, 2.45) is 0 Å². The van der Waals surface area contributed by atoms with E-state index in [9.17, 15) is 19.2 Å². The Morgan fingerprint density at radius 2 is 1.76 bits per heavy atom. The summed E-state index contributed by atoms with van der Waals surface area (Å²) in [7, 11) is 0. The summed E-state index contributed by atoms with van der Waals surface area (Å²) in [5, 5.41) is 8.11. The third kappa shape index (κ3) is 9.91. The molecule has 10 heteroatoms. The second kappa shape index (κ2) is 14.6. The van der Waals surface area contributed by atoms with Crippen LogP contribution >= 0.6 is 25.3 Å². The molecule has 0 radical (unpaired) electrons. The number of hydrogen-bond donors (Lipinski definition) is 5. The molecule has 3 atom stereocenters. The summed E-state index contributed by atoms with van der Waals surface area (Å²) < 4.78 is 5.46. The monoisotopic (exact) mass is 493 g/mol. The zero-order valence-corrected chi connectivity index (χ0v) is 20.2. The normalized spacial score (nSPS) is 23.6. The Bertz CT molecular complexity index is 835. The van der Waals surface area contributed by atoms with Crippen molar-refractivity contribution in [1.29, 1.82) is 0 Å². The van der Waals surface area contributed by atoms with Crippen LogP contribution in [0.5, 0.6) is 0 Å². The average molecular weight is 494 g/mol. The highest BCUT2D eigenvalue weighted by atomic mass is 32.1. The van der Waals surface area contributed by atoms with Crippen molar-refractivity contribution in [2.75, 3.05) is 18.1 Å². The third-order valence-corrected chi connectivity index (χ3v) is 5.55. The largest absolute Gasteiger partial charge is 0.458 e. The Morgan fingerprint density at radius 1 is 1.00 bits per heavy atom. The van der Waals surface area contributed by atoms with Gasteiger partial charge >= 0.3 is 5.97 Å². The van der Waals surface area contributed by atoms with E-state index in [1.807, 2.05) is 30.3 Å². The lowest BCUT2D eigenvalue weighted by Gasteiger charge is -2.23. The molecule has 1 aliphatic heterocycles. The number of allylic oxidation sites excluding steroid dienone is 1. The lowest BCUT2D eigenvalue weighted by atomic mass is 10.0. The molecule has 2 rings (SSSR count). The first-order valence-corrected chi connectivity index (χ1v) is 12.2. The van der Waals surface area contributed by atoms with Gasteiger partial charge in [0.05, 0.1) is 6.42 Å². The zero-order chi connectivity index (χ0) is 24.1. The third-order valence-electron chi connectivity index (χ3n) is 4.92. The molecule has 33 heavy (non-hydrogen) atoms. The molecule has 1 saturated heterocycles. The fraction of sp³-hybridized carbons (Fsp3) is 0.478. The van der Waals surface area contributed by atoms with Gasteiger partial charge in [-0.2, -0.15) is 25.3 Å². The van der Waals surface area contributed by atoms with E-state index >= 15 is 0 Å². The molecule has 1 aliphatic rings. The summed E-state index contributed by atoms with van der Waals surface area (Å²) >= 11 is 8.33. The van der Waals surface area contributed by atoms with Crippen LogP contribution in [0, 0.1) is 0 Å². The van der Waals surface area contributed by atoms with Gasteiger partial charge in [0.1, 0.15) is 18.2 Å². The molecule has 1 fully saturated rings. The second-order valence-corrected chi connectivity index (χ2v) is 8.43. The van der Waals surface area contributed by atoms with Gasteiger partial charge in [-0.1, -0.05) is 36.4 Å². The number of carbonyl (C=O) groups excluding carboxylic acids is 4. The van der Waals surface area contributed by atoms with Crippen molar-refractivity contribution in [1.82, 2.24) is 16.0 Å². The van der Waals surface area contributed by atoms with Crippen LogP contribution in [-0.2, 0) is 30.3 Å². The van der Waals surface area contributed by atoms with E-state index in [0.717, 1.165) is 5.56 Å². The minimum absolute atomic E-state index is 0.0869. The fourth-order valence-electron chi connectivity index (χ4n) is 3.23. The molecule has 8 nitrogen and oxygen atoms in total. The molecular formula is C23H31N3O5S2. The Labute approximate surface area is 205 Å². The lowest BCUT2D eigenvalue weighted by molar-refractivity contribution is -0.148. The number of ether oxygens (including phenoxy) is 1. The van der Waals surface area contributed by atoms with Crippen molar-refractivity contribution < 1.29 is 23.9 Å². The van der Waals surface area contributed by atoms with Crippen LogP contribution < -0.4 is 16.0 Å². The highest BCUT2D eigenvalue weighted by Crippen LogP contribution is 2.09. The molecule has 180 valence electrons. The van der Waals surface area contributed by atoms with Gasteiger partial charge < -0.3 is 20.7 Å².